The van der Waals surface area contributed by atoms with Crippen molar-refractivity contribution in [1.29, 1.82) is 0 Å². The lowest BCUT2D eigenvalue weighted by molar-refractivity contribution is -0.143. The van der Waals surface area contributed by atoms with Gasteiger partial charge in [-0.3, -0.25) is 4.79 Å². The zero-order chi connectivity index (χ0) is 20.5. The normalized spacial score (nSPS) is 15.3. The maximum absolute atomic E-state index is 13.8. The van der Waals surface area contributed by atoms with Crippen LogP contribution in [0.15, 0.2) is 30.3 Å². The van der Waals surface area contributed by atoms with E-state index in [2.05, 4.69) is 0 Å². The van der Waals surface area contributed by atoms with Gasteiger partial charge >= 0.3 is 6.18 Å². The molecule has 1 aromatic carbocycles. The van der Waals surface area contributed by atoms with Crippen LogP contribution in [0.25, 0.3) is 11.1 Å². The predicted molar refractivity (Wildman–Crippen MR) is 96.4 cm³/mol. The van der Waals surface area contributed by atoms with Gasteiger partial charge in [0.25, 0.3) is 5.91 Å². The first-order chi connectivity index (χ1) is 13.2. The number of halogens is 4. The summed E-state index contributed by atoms with van der Waals surface area (Å²) in [6, 6.07) is 6.11. The maximum Gasteiger partial charge on any atom is 0.431 e. The molecule has 2 aromatic rings. The quantitative estimate of drug-likeness (QED) is 0.714. The summed E-state index contributed by atoms with van der Waals surface area (Å²) in [7, 11) is 0. The van der Waals surface area contributed by atoms with Gasteiger partial charge in [0.05, 0.1) is 13.2 Å². The molecule has 1 amide bonds. The van der Waals surface area contributed by atoms with Crippen LogP contribution in [0.5, 0.6) is 0 Å². The van der Waals surface area contributed by atoms with Crippen molar-refractivity contribution in [3.8, 4) is 11.1 Å². The Labute approximate surface area is 160 Å². The molecular weight excluding hydrogens is 376 g/mol. The molecule has 0 atom stereocenters. The highest BCUT2D eigenvalue weighted by Crippen LogP contribution is 2.38. The van der Waals surface area contributed by atoms with Crippen LogP contribution in [0.4, 0.5) is 17.6 Å². The van der Waals surface area contributed by atoms with Gasteiger partial charge in [-0.15, -0.1) is 0 Å². The minimum atomic E-state index is -4.62. The van der Waals surface area contributed by atoms with E-state index in [1.807, 2.05) is 0 Å². The van der Waals surface area contributed by atoms with Crippen molar-refractivity contribution in [1.82, 2.24) is 9.47 Å². The summed E-state index contributed by atoms with van der Waals surface area (Å²) in [6.45, 7) is 4.94. The Kier molecular flexibility index (Phi) is 5.79. The number of ether oxygens (including phenoxy) is 1. The van der Waals surface area contributed by atoms with Crippen molar-refractivity contribution in [2.24, 2.45) is 5.92 Å². The van der Waals surface area contributed by atoms with Gasteiger partial charge in [0.2, 0.25) is 0 Å². The molecule has 1 aliphatic heterocycles. The van der Waals surface area contributed by atoms with Crippen LogP contribution >= 0.6 is 0 Å². The maximum atomic E-state index is 13.8. The average Bonchev–Trinajstić information content (AvgIpc) is 3.01. The van der Waals surface area contributed by atoms with Crippen molar-refractivity contribution in [3.63, 3.8) is 0 Å². The van der Waals surface area contributed by atoms with Crippen LogP contribution in [-0.2, 0) is 17.5 Å². The van der Waals surface area contributed by atoms with E-state index in [9.17, 15) is 22.4 Å². The van der Waals surface area contributed by atoms with E-state index in [1.165, 1.54) is 29.2 Å². The summed E-state index contributed by atoms with van der Waals surface area (Å²) in [5.41, 5.74) is -0.373. The fourth-order valence-corrected chi connectivity index (χ4v) is 3.33. The topological polar surface area (TPSA) is 34.5 Å². The van der Waals surface area contributed by atoms with Crippen LogP contribution in [0.3, 0.4) is 0 Å². The lowest BCUT2D eigenvalue weighted by Gasteiger charge is -2.28. The predicted octanol–water partition coefficient (Wildman–Crippen LogP) is 4.44. The first-order valence-electron chi connectivity index (χ1n) is 9.12. The largest absolute Gasteiger partial charge is 0.431 e. The Morgan fingerprint density at radius 3 is 2.29 bits per heavy atom. The highest BCUT2D eigenvalue weighted by molar-refractivity contribution is 6.00. The molecular formula is C20H22F4N2O2. The summed E-state index contributed by atoms with van der Waals surface area (Å²) in [5.74, 6) is -1.08. The molecule has 0 radical (unpaired) electrons. The van der Waals surface area contributed by atoms with Crippen molar-refractivity contribution >= 4 is 5.91 Å². The molecule has 1 fully saturated rings. The second kappa shape index (κ2) is 7.95. The number of amides is 1. The van der Waals surface area contributed by atoms with Crippen molar-refractivity contribution in [3.05, 3.63) is 47.5 Å². The molecule has 0 bridgehead atoms. The molecule has 0 unspecified atom stereocenters. The molecule has 8 heteroatoms. The number of aromatic nitrogens is 1. The first kappa shape index (κ1) is 20.4. The summed E-state index contributed by atoms with van der Waals surface area (Å²) in [5, 5.41) is 0. The third-order valence-corrected chi connectivity index (χ3v) is 4.59. The van der Waals surface area contributed by atoms with Crippen LogP contribution < -0.4 is 0 Å². The van der Waals surface area contributed by atoms with E-state index in [4.69, 9.17) is 4.74 Å². The Hall–Kier alpha value is -2.35. The van der Waals surface area contributed by atoms with Crippen molar-refractivity contribution in [2.45, 2.75) is 26.6 Å². The first-order valence-corrected chi connectivity index (χ1v) is 9.12. The van der Waals surface area contributed by atoms with Gasteiger partial charge in [0.15, 0.2) is 0 Å². The van der Waals surface area contributed by atoms with E-state index < -0.39 is 23.6 Å². The van der Waals surface area contributed by atoms with Crippen LogP contribution in [0.1, 0.15) is 30.0 Å². The minimum absolute atomic E-state index is 0.0190. The Morgan fingerprint density at radius 1 is 1.14 bits per heavy atom. The molecule has 0 saturated carbocycles. The molecule has 4 nitrogen and oxygen atoms in total. The smallest absolute Gasteiger partial charge is 0.378 e. The number of carbonyl (C=O) groups excluding carboxylic acids is 1. The summed E-state index contributed by atoms with van der Waals surface area (Å²) >= 11 is 0. The average molecular weight is 398 g/mol. The Bertz CT molecular complexity index is 835. The molecule has 152 valence electrons. The molecule has 2 heterocycles. The second-order valence-electron chi connectivity index (χ2n) is 7.21. The summed E-state index contributed by atoms with van der Waals surface area (Å²) in [6.07, 6.45) is -4.62. The standard InChI is InChI=1S/C20H22F4N2O2/c1-13(2)12-26-17(20(22,23)24)11-16(14-3-5-15(21)6-4-14)18(26)19(27)25-7-9-28-10-8-25/h3-6,11,13H,7-10,12H2,1-2H3. The molecule has 0 aliphatic carbocycles. The van der Waals surface area contributed by atoms with E-state index in [-0.39, 0.29) is 23.7 Å². The van der Waals surface area contributed by atoms with Gasteiger partial charge in [-0.25, -0.2) is 4.39 Å². The van der Waals surface area contributed by atoms with Gasteiger partial charge in [-0.2, -0.15) is 13.2 Å². The van der Waals surface area contributed by atoms with Crippen LogP contribution in [0, 0.1) is 11.7 Å². The van der Waals surface area contributed by atoms with Gasteiger partial charge in [-0.1, -0.05) is 26.0 Å². The van der Waals surface area contributed by atoms with Crippen LogP contribution in [0.2, 0.25) is 0 Å². The van der Waals surface area contributed by atoms with Gasteiger partial charge in [0.1, 0.15) is 17.2 Å². The number of alkyl halides is 3. The monoisotopic (exact) mass is 398 g/mol. The number of carbonyl (C=O) groups is 1. The Balaban J connectivity index is 2.20. The van der Waals surface area contributed by atoms with Crippen molar-refractivity contribution in [2.75, 3.05) is 26.3 Å². The summed E-state index contributed by atoms with van der Waals surface area (Å²) < 4.78 is 60.9. The zero-order valence-corrected chi connectivity index (χ0v) is 15.7. The third kappa shape index (κ3) is 4.22. The molecule has 28 heavy (non-hydrogen) atoms. The summed E-state index contributed by atoms with van der Waals surface area (Å²) in [4.78, 5) is 14.7. The highest BCUT2D eigenvalue weighted by Gasteiger charge is 2.39. The SMILES string of the molecule is CC(C)Cn1c(C(F)(F)F)cc(-c2ccc(F)cc2)c1C(=O)N1CCOCC1. The van der Waals surface area contributed by atoms with Gasteiger partial charge in [0, 0.05) is 25.2 Å². The second-order valence-corrected chi connectivity index (χ2v) is 7.21. The van der Waals surface area contributed by atoms with E-state index in [0.717, 1.165) is 10.6 Å². The number of rotatable bonds is 4. The molecule has 1 saturated heterocycles. The van der Waals surface area contributed by atoms with Crippen molar-refractivity contribution < 1.29 is 27.1 Å². The van der Waals surface area contributed by atoms with Crippen LogP contribution in [-0.4, -0.2) is 41.7 Å². The number of morpholine rings is 1. The number of nitrogens with zero attached hydrogens (tertiary/aromatic N) is 2. The molecule has 0 N–H and O–H groups in total. The molecule has 0 spiro atoms. The highest BCUT2D eigenvalue weighted by atomic mass is 19.4. The van der Waals surface area contributed by atoms with E-state index >= 15 is 0 Å². The number of hydrogen-bond donors (Lipinski definition) is 0. The fraction of sp³-hybridized carbons (Fsp3) is 0.450. The minimum Gasteiger partial charge on any atom is -0.378 e. The number of benzene rings is 1. The van der Waals surface area contributed by atoms with E-state index in [1.54, 1.807) is 13.8 Å². The molecule has 1 aromatic heterocycles. The zero-order valence-electron chi connectivity index (χ0n) is 15.7. The lowest BCUT2D eigenvalue weighted by atomic mass is 10.0. The van der Waals surface area contributed by atoms with Gasteiger partial charge in [-0.05, 0) is 29.7 Å². The molecule has 1 aliphatic rings. The third-order valence-electron chi connectivity index (χ3n) is 4.59. The van der Waals surface area contributed by atoms with E-state index in [0.29, 0.717) is 31.9 Å². The fourth-order valence-electron chi connectivity index (χ4n) is 3.33. The lowest BCUT2D eigenvalue weighted by Crippen LogP contribution is -2.42. The molecule has 3 rings (SSSR count). The van der Waals surface area contributed by atoms with Gasteiger partial charge < -0.3 is 14.2 Å². The number of hydrogen-bond acceptors (Lipinski definition) is 2. The Morgan fingerprint density at radius 2 is 1.75 bits per heavy atom.